The summed E-state index contributed by atoms with van der Waals surface area (Å²) < 4.78 is 0. The van der Waals surface area contributed by atoms with E-state index in [0.717, 1.165) is 23.7 Å². The molecule has 0 heterocycles. The van der Waals surface area contributed by atoms with Crippen LogP contribution < -0.4 is 0 Å². The van der Waals surface area contributed by atoms with E-state index in [1.165, 1.54) is 0 Å². The maximum Gasteiger partial charge on any atom is 0.138 e. The van der Waals surface area contributed by atoms with E-state index in [0.29, 0.717) is 4.90 Å². The fraction of sp³-hybridized carbons (Fsp3) is 0.533. The zero-order chi connectivity index (χ0) is 14.0. The highest BCUT2D eigenvalue weighted by Gasteiger charge is 2.27. The summed E-state index contributed by atoms with van der Waals surface area (Å²) in [6, 6.07) is 5.55. The van der Waals surface area contributed by atoms with E-state index in [9.17, 15) is 5.11 Å². The zero-order valence-corrected chi connectivity index (χ0v) is 12.6. The molecule has 0 aliphatic rings. The van der Waals surface area contributed by atoms with Crippen molar-refractivity contribution in [1.29, 1.82) is 5.26 Å². The van der Waals surface area contributed by atoms with E-state index >= 15 is 0 Å². The van der Waals surface area contributed by atoms with Crippen molar-refractivity contribution in [1.82, 2.24) is 0 Å². The Kier molecular flexibility index (Phi) is 4.34. The van der Waals surface area contributed by atoms with Crippen molar-refractivity contribution in [2.45, 2.75) is 51.3 Å². The quantitative estimate of drug-likeness (QED) is 0.636. The van der Waals surface area contributed by atoms with Crippen LogP contribution in [-0.4, -0.2) is 5.11 Å². The molecule has 0 aliphatic heterocycles. The minimum absolute atomic E-state index is 0.0245. The molecule has 0 unspecified atom stereocenters. The maximum atomic E-state index is 9.69. The molecule has 0 amide bonds. The maximum absolute atomic E-state index is 9.69. The summed E-state index contributed by atoms with van der Waals surface area (Å²) in [5.74, 6) is 0.178. The van der Waals surface area contributed by atoms with Gasteiger partial charge in [0, 0.05) is 0 Å². The monoisotopic (exact) mass is 263 g/mol. The minimum atomic E-state index is 0.0245. The molecule has 1 N–H and O–H groups in total. The van der Waals surface area contributed by atoms with Crippen LogP contribution >= 0.6 is 11.8 Å². The third-order valence-corrected chi connectivity index (χ3v) is 3.51. The summed E-state index contributed by atoms with van der Waals surface area (Å²) in [5, 5.41) is 20.4. The van der Waals surface area contributed by atoms with Gasteiger partial charge in [-0.2, -0.15) is 5.26 Å². The Labute approximate surface area is 114 Å². The van der Waals surface area contributed by atoms with Crippen LogP contribution in [0.25, 0.3) is 0 Å². The van der Waals surface area contributed by atoms with Gasteiger partial charge < -0.3 is 5.11 Å². The number of hydrogen-bond acceptors (Lipinski definition) is 3. The van der Waals surface area contributed by atoms with E-state index in [4.69, 9.17) is 5.26 Å². The van der Waals surface area contributed by atoms with Crippen LogP contribution in [-0.2, 0) is 5.41 Å². The van der Waals surface area contributed by atoms with E-state index < -0.39 is 0 Å². The van der Waals surface area contributed by atoms with E-state index in [1.54, 1.807) is 6.07 Å². The van der Waals surface area contributed by atoms with Gasteiger partial charge in [-0.25, -0.2) is 0 Å². The van der Waals surface area contributed by atoms with E-state index in [2.05, 4.69) is 34.6 Å². The second kappa shape index (κ2) is 5.24. The van der Waals surface area contributed by atoms with E-state index in [1.807, 2.05) is 17.5 Å². The lowest BCUT2D eigenvalue weighted by Crippen LogP contribution is -2.24. The molecular formula is C15H21NOS. The summed E-state index contributed by atoms with van der Waals surface area (Å²) in [6.07, 6.45) is 1.04. The van der Waals surface area contributed by atoms with Gasteiger partial charge in [-0.1, -0.05) is 40.7 Å². The molecule has 0 saturated heterocycles. The van der Waals surface area contributed by atoms with E-state index in [-0.39, 0.29) is 16.6 Å². The fourth-order valence-corrected chi connectivity index (χ4v) is 2.95. The normalized spacial score (nSPS) is 12.2. The largest absolute Gasteiger partial charge is 0.507 e. The van der Waals surface area contributed by atoms with Gasteiger partial charge in [0.2, 0.25) is 0 Å². The molecule has 0 atom stereocenters. The van der Waals surface area contributed by atoms with Crippen LogP contribution in [0.15, 0.2) is 23.1 Å². The van der Waals surface area contributed by atoms with Gasteiger partial charge >= 0.3 is 0 Å². The first-order valence-corrected chi connectivity index (χ1v) is 6.87. The summed E-state index contributed by atoms with van der Waals surface area (Å²) >= 11 is 1.01. The minimum Gasteiger partial charge on any atom is -0.507 e. The predicted octanol–water partition coefficient (Wildman–Crippen LogP) is 4.68. The van der Waals surface area contributed by atoms with Crippen molar-refractivity contribution in [3.63, 3.8) is 0 Å². The Morgan fingerprint density at radius 2 is 1.83 bits per heavy atom. The van der Waals surface area contributed by atoms with Crippen LogP contribution in [0.1, 0.15) is 46.6 Å². The smallest absolute Gasteiger partial charge is 0.138 e. The number of hydrogen-bond donors (Lipinski definition) is 1. The number of thioether (sulfide) groups is 1. The summed E-state index contributed by atoms with van der Waals surface area (Å²) in [6.45, 7) is 11.1. The number of rotatable bonds is 3. The Hall–Kier alpha value is -1.14. The molecule has 0 saturated carbocycles. The molecule has 18 heavy (non-hydrogen) atoms. The lowest BCUT2D eigenvalue weighted by molar-refractivity contribution is 0.283. The first-order valence-electron chi connectivity index (χ1n) is 6.05. The van der Waals surface area contributed by atoms with Crippen molar-refractivity contribution in [3.8, 4) is 11.2 Å². The van der Waals surface area contributed by atoms with Gasteiger partial charge in [-0.15, -0.1) is 0 Å². The molecule has 0 aliphatic carbocycles. The highest BCUT2D eigenvalue weighted by atomic mass is 32.2. The molecular weight excluding hydrogens is 242 g/mol. The first kappa shape index (κ1) is 14.9. The molecule has 2 nitrogen and oxygen atoms in total. The number of nitriles is 1. The molecule has 3 heteroatoms. The summed E-state index contributed by atoms with van der Waals surface area (Å²) in [5.41, 5.74) is 1.42. The molecule has 1 aromatic rings. The van der Waals surface area contributed by atoms with Crippen LogP contribution in [0.4, 0.5) is 0 Å². The predicted molar refractivity (Wildman–Crippen MR) is 76.7 cm³/mol. The van der Waals surface area contributed by atoms with Gasteiger partial charge in [0.15, 0.2) is 0 Å². The third-order valence-electron chi connectivity index (χ3n) is 2.87. The molecule has 0 aromatic heterocycles. The second-order valence-corrected chi connectivity index (χ2v) is 7.32. The van der Waals surface area contributed by atoms with Crippen molar-refractivity contribution in [2.24, 2.45) is 5.41 Å². The molecule has 1 aromatic carbocycles. The Morgan fingerprint density at radius 1 is 1.22 bits per heavy atom. The average Bonchev–Trinajstić information content (AvgIpc) is 2.17. The number of nitrogens with zero attached hydrogens (tertiary/aromatic N) is 1. The van der Waals surface area contributed by atoms with Crippen molar-refractivity contribution in [2.75, 3.05) is 0 Å². The van der Waals surface area contributed by atoms with Crippen LogP contribution in [0.2, 0.25) is 0 Å². The number of phenolic OH excluding ortho intramolecular Hbond substituents is 1. The molecule has 0 radical (unpaired) electrons. The highest BCUT2D eigenvalue weighted by molar-refractivity contribution is 8.03. The van der Waals surface area contributed by atoms with Crippen LogP contribution in [0, 0.1) is 16.1 Å². The van der Waals surface area contributed by atoms with Gasteiger partial charge in [0.1, 0.15) is 11.2 Å². The summed E-state index contributed by atoms with van der Waals surface area (Å²) in [4.78, 5) is 0.636. The topological polar surface area (TPSA) is 44.0 Å². The Bertz CT molecular complexity index is 466. The van der Waals surface area contributed by atoms with Gasteiger partial charge in [-0.3, -0.25) is 0 Å². The molecule has 0 bridgehead atoms. The van der Waals surface area contributed by atoms with Crippen molar-refractivity contribution >= 4 is 11.8 Å². The average molecular weight is 263 g/mol. The number of thiocyanates is 1. The fourth-order valence-electron chi connectivity index (χ4n) is 2.49. The molecule has 0 fully saturated rings. The number of phenols is 1. The molecule has 1 rings (SSSR count). The standard InChI is InChI=1S/C15H21NOS/c1-14(2,3)9-15(4,5)11-6-7-12(17)13(8-11)18-10-16/h6-8,17H,9H2,1-5H3. The SMILES string of the molecule is CC(C)(C)CC(C)(C)c1ccc(O)c(SC#N)c1. The third kappa shape index (κ3) is 3.96. The number of benzene rings is 1. The van der Waals surface area contributed by atoms with Crippen LogP contribution in [0.5, 0.6) is 5.75 Å². The lowest BCUT2D eigenvalue weighted by atomic mass is 9.72. The second-order valence-electron chi connectivity index (χ2n) is 6.50. The molecule has 98 valence electrons. The van der Waals surface area contributed by atoms with Gasteiger partial charge in [0.25, 0.3) is 0 Å². The van der Waals surface area contributed by atoms with Crippen molar-refractivity contribution < 1.29 is 5.11 Å². The van der Waals surface area contributed by atoms with Gasteiger partial charge in [0.05, 0.1) is 4.90 Å². The highest BCUT2D eigenvalue weighted by Crippen LogP contribution is 2.39. The number of aromatic hydroxyl groups is 1. The van der Waals surface area contributed by atoms with Crippen molar-refractivity contribution in [3.05, 3.63) is 23.8 Å². The Morgan fingerprint density at radius 3 is 2.33 bits per heavy atom. The summed E-state index contributed by atoms with van der Waals surface area (Å²) in [7, 11) is 0. The molecule has 0 spiro atoms. The Balaban J connectivity index is 3.10. The first-order chi connectivity index (χ1) is 8.15. The van der Waals surface area contributed by atoms with Crippen LogP contribution in [0.3, 0.4) is 0 Å². The van der Waals surface area contributed by atoms with Gasteiger partial charge in [-0.05, 0) is 46.7 Å². The zero-order valence-electron chi connectivity index (χ0n) is 11.7. The lowest BCUT2D eigenvalue weighted by Gasteiger charge is -2.33.